The van der Waals surface area contributed by atoms with Gasteiger partial charge in [-0.25, -0.2) is 15.0 Å². The van der Waals surface area contributed by atoms with Crippen molar-refractivity contribution in [2.75, 3.05) is 25.5 Å². The number of aryl methyl sites for hydroxylation is 2. The van der Waals surface area contributed by atoms with E-state index >= 15 is 0 Å². The summed E-state index contributed by atoms with van der Waals surface area (Å²) in [6.07, 6.45) is -2.07. The highest BCUT2D eigenvalue weighted by molar-refractivity contribution is 6.33. The summed E-state index contributed by atoms with van der Waals surface area (Å²) in [6, 6.07) is 5.99. The van der Waals surface area contributed by atoms with Gasteiger partial charge in [0.25, 0.3) is 11.5 Å². The zero-order valence-corrected chi connectivity index (χ0v) is 29.7. The third kappa shape index (κ3) is 6.21. The summed E-state index contributed by atoms with van der Waals surface area (Å²) in [5, 5.41) is 17.4. The number of nitrogens with zero attached hydrogens (tertiary/aromatic N) is 8. The van der Waals surface area contributed by atoms with Crippen LogP contribution in [0.5, 0.6) is 11.6 Å². The molecule has 1 aliphatic heterocycles. The molecule has 4 aromatic heterocycles. The van der Waals surface area contributed by atoms with E-state index in [0.29, 0.717) is 47.7 Å². The number of aromatic nitrogens is 7. The number of halogens is 4. The van der Waals surface area contributed by atoms with Gasteiger partial charge in [-0.2, -0.15) is 22.7 Å². The Balaban J connectivity index is 1.29. The standard InChI is InChI=1S/C35H33ClF3N9O5/c1-17-14-34(9-11-46(12-10-34)32(52)27-29(50)19(3)40-16-41-27)26-28(17)47(15-24(49)43-23-7-5-20(13-22(23)36)35(37,38)39)33-44-30(45-48(33)31(26)51)21-6-8-25(53-4)42-18(21)2/h5-8,13,16-17,50H,9-12,14-15H2,1-4H3,(H,43,49). The van der Waals surface area contributed by atoms with Crippen LogP contribution < -0.4 is 15.6 Å². The van der Waals surface area contributed by atoms with E-state index in [1.165, 1.54) is 13.4 Å². The molecule has 0 saturated carbocycles. The number of alkyl halides is 3. The fraction of sp³-hybridized carbons (Fsp3) is 0.371. The van der Waals surface area contributed by atoms with Crippen molar-refractivity contribution in [3.63, 3.8) is 0 Å². The number of anilines is 1. The number of carbonyl (C=O) groups excluding carboxylic acids is 2. The van der Waals surface area contributed by atoms with Crippen molar-refractivity contribution < 1.29 is 32.6 Å². The van der Waals surface area contributed by atoms with E-state index in [1.54, 1.807) is 35.4 Å². The van der Waals surface area contributed by atoms with Crippen molar-refractivity contribution in [1.82, 2.24) is 39.0 Å². The molecule has 5 aromatic rings. The number of ether oxygens (including phenoxy) is 1. The molecule has 53 heavy (non-hydrogen) atoms. The lowest BCUT2D eigenvalue weighted by Gasteiger charge is -2.39. The zero-order valence-electron chi connectivity index (χ0n) is 29.0. The summed E-state index contributed by atoms with van der Waals surface area (Å²) in [5.41, 5.74) is 0.167. The molecule has 14 nitrogen and oxygen atoms in total. The Bertz CT molecular complexity index is 2370. The van der Waals surface area contributed by atoms with Gasteiger partial charge in [0.1, 0.15) is 12.9 Å². The molecular weight excluding hydrogens is 719 g/mol. The van der Waals surface area contributed by atoms with E-state index in [1.807, 2.05) is 6.92 Å². The summed E-state index contributed by atoms with van der Waals surface area (Å²) < 4.78 is 47.8. The van der Waals surface area contributed by atoms with Crippen molar-refractivity contribution in [1.29, 1.82) is 0 Å². The number of hydrogen-bond donors (Lipinski definition) is 2. The topological polar surface area (TPSA) is 170 Å². The van der Waals surface area contributed by atoms with Gasteiger partial charge in [-0.1, -0.05) is 18.5 Å². The number of amides is 2. The highest BCUT2D eigenvalue weighted by Gasteiger charge is 2.49. The van der Waals surface area contributed by atoms with E-state index in [0.717, 1.165) is 22.7 Å². The molecule has 2 amide bonds. The van der Waals surface area contributed by atoms with Crippen molar-refractivity contribution in [3.05, 3.63) is 85.9 Å². The van der Waals surface area contributed by atoms with Gasteiger partial charge in [0.2, 0.25) is 17.6 Å². The number of piperidine rings is 1. The molecule has 1 unspecified atom stereocenters. The van der Waals surface area contributed by atoms with Gasteiger partial charge in [0, 0.05) is 41.4 Å². The van der Waals surface area contributed by atoms with E-state index < -0.39 is 34.5 Å². The molecule has 0 radical (unpaired) electrons. The normalized spacial score (nSPS) is 16.6. The van der Waals surface area contributed by atoms with Gasteiger partial charge in [0.05, 0.1) is 34.8 Å². The van der Waals surface area contributed by atoms with Crippen molar-refractivity contribution in [2.24, 2.45) is 0 Å². The van der Waals surface area contributed by atoms with Crippen LogP contribution in [0.4, 0.5) is 18.9 Å². The van der Waals surface area contributed by atoms with Crippen LogP contribution >= 0.6 is 11.6 Å². The molecule has 2 aliphatic rings. The second kappa shape index (κ2) is 13.1. The number of fused-ring (bicyclic) bond motifs is 3. The predicted octanol–water partition coefficient (Wildman–Crippen LogP) is 5.07. The minimum absolute atomic E-state index is 0.0214. The fourth-order valence-corrected chi connectivity index (χ4v) is 7.75. The maximum Gasteiger partial charge on any atom is 0.416 e. The lowest BCUT2D eigenvalue weighted by molar-refractivity contribution is -0.137. The SMILES string of the molecule is COc1ccc(-c2nc3n(CC(=O)Nc4ccc(C(F)(F)F)cc4Cl)c4c(c(=O)n3n2)C2(CCN(C(=O)c3ncnc(C)c3O)CC2)CC4C)c(C)n1. The molecule has 5 heterocycles. The average Bonchev–Trinajstić information content (AvgIpc) is 3.68. The van der Waals surface area contributed by atoms with Gasteiger partial charge in [-0.3, -0.25) is 14.4 Å². The first kappa shape index (κ1) is 35.8. The van der Waals surface area contributed by atoms with Gasteiger partial charge in [-0.15, -0.1) is 5.10 Å². The molecule has 1 aromatic carbocycles. The average molecular weight is 752 g/mol. The summed E-state index contributed by atoms with van der Waals surface area (Å²) in [4.78, 5) is 60.3. The van der Waals surface area contributed by atoms with Crippen LogP contribution in [0.25, 0.3) is 17.2 Å². The number of aromatic hydroxyl groups is 1. The Hall–Kier alpha value is -5.58. The number of rotatable bonds is 6. The Morgan fingerprint density at radius 3 is 2.49 bits per heavy atom. The number of likely N-dealkylation sites (tertiary alicyclic amines) is 1. The zero-order chi connectivity index (χ0) is 38.0. The highest BCUT2D eigenvalue weighted by Crippen LogP contribution is 2.50. The molecule has 1 aliphatic carbocycles. The lowest BCUT2D eigenvalue weighted by atomic mass is 9.73. The summed E-state index contributed by atoms with van der Waals surface area (Å²) in [5.74, 6) is -0.977. The summed E-state index contributed by atoms with van der Waals surface area (Å²) in [7, 11) is 1.49. The molecule has 1 atom stereocenters. The van der Waals surface area contributed by atoms with E-state index in [2.05, 4.69) is 25.4 Å². The van der Waals surface area contributed by atoms with Gasteiger partial charge < -0.3 is 24.6 Å². The molecule has 0 bridgehead atoms. The van der Waals surface area contributed by atoms with Crippen molar-refractivity contribution >= 4 is 34.9 Å². The van der Waals surface area contributed by atoms with Crippen LogP contribution in [0, 0.1) is 13.8 Å². The Kier molecular flexibility index (Phi) is 8.87. The minimum atomic E-state index is -4.62. The number of methoxy groups -OCH3 is 1. The molecular formula is C35H33ClF3N9O5. The number of hydrogen-bond acceptors (Lipinski definition) is 10. The molecule has 1 fully saturated rings. The van der Waals surface area contributed by atoms with E-state index in [-0.39, 0.29) is 65.0 Å². The first-order chi connectivity index (χ1) is 25.1. The second-order valence-corrected chi connectivity index (χ2v) is 13.8. The van der Waals surface area contributed by atoms with Crippen LogP contribution in [0.1, 0.15) is 70.8 Å². The third-order valence-electron chi connectivity index (χ3n) is 10.1. The van der Waals surface area contributed by atoms with Crippen LogP contribution in [0.3, 0.4) is 0 Å². The second-order valence-electron chi connectivity index (χ2n) is 13.4. The monoisotopic (exact) mass is 751 g/mol. The molecule has 1 saturated heterocycles. The van der Waals surface area contributed by atoms with Crippen LogP contribution in [0.2, 0.25) is 5.02 Å². The molecule has 18 heteroatoms. The number of carbonyl (C=O) groups is 2. The minimum Gasteiger partial charge on any atom is -0.504 e. The van der Waals surface area contributed by atoms with E-state index in [4.69, 9.17) is 21.3 Å². The molecule has 7 rings (SSSR count). The first-order valence-electron chi connectivity index (χ1n) is 16.6. The van der Waals surface area contributed by atoms with Crippen LogP contribution in [-0.4, -0.2) is 76.1 Å². The van der Waals surface area contributed by atoms with E-state index in [9.17, 15) is 32.7 Å². The number of nitrogens with one attached hydrogen (secondary N) is 1. The maximum atomic E-state index is 14.5. The number of benzene rings is 1. The van der Waals surface area contributed by atoms with Crippen LogP contribution in [0.15, 0.2) is 41.5 Å². The number of pyridine rings is 1. The van der Waals surface area contributed by atoms with Crippen molar-refractivity contribution in [2.45, 2.75) is 64.1 Å². The smallest absolute Gasteiger partial charge is 0.416 e. The van der Waals surface area contributed by atoms with Crippen LogP contribution in [-0.2, 0) is 22.9 Å². The molecule has 2 N–H and O–H groups in total. The maximum absolute atomic E-state index is 14.5. The fourth-order valence-electron chi connectivity index (χ4n) is 7.52. The Labute approximate surface area is 304 Å². The van der Waals surface area contributed by atoms with Gasteiger partial charge in [-0.05, 0) is 63.3 Å². The Morgan fingerprint density at radius 2 is 1.83 bits per heavy atom. The Morgan fingerprint density at radius 1 is 1.09 bits per heavy atom. The summed E-state index contributed by atoms with van der Waals surface area (Å²) >= 11 is 6.16. The molecule has 1 spiro atoms. The lowest BCUT2D eigenvalue weighted by Crippen LogP contribution is -2.46. The van der Waals surface area contributed by atoms with Gasteiger partial charge in [0.15, 0.2) is 17.3 Å². The largest absolute Gasteiger partial charge is 0.504 e. The highest BCUT2D eigenvalue weighted by atomic mass is 35.5. The van der Waals surface area contributed by atoms with Crippen molar-refractivity contribution in [3.8, 4) is 23.0 Å². The third-order valence-corrected chi connectivity index (χ3v) is 10.4. The quantitative estimate of drug-likeness (QED) is 0.239. The predicted molar refractivity (Wildman–Crippen MR) is 185 cm³/mol. The first-order valence-corrected chi connectivity index (χ1v) is 17.0. The summed E-state index contributed by atoms with van der Waals surface area (Å²) in [6.45, 7) is 5.40. The molecule has 276 valence electrons. The van der Waals surface area contributed by atoms with Gasteiger partial charge >= 0.3 is 6.18 Å².